The number of nitrogens with zero attached hydrogens (tertiary/aromatic N) is 1. The standard InChI is InChI=1S/C24H34N2O4.C2H6/c1-23(2,3)30-22(28)26-12-8-7-9-20(26)18-11-10-16(21(27)29-6)13-19(18)25-17-14-24(4,5)15-17;1-2/h9-11,13,17,25H,7-8,12,14-15H2,1-6H3;1-2H3. The van der Waals surface area contributed by atoms with Crippen LogP contribution in [0.2, 0.25) is 0 Å². The van der Waals surface area contributed by atoms with Crippen molar-refractivity contribution in [2.75, 3.05) is 19.0 Å². The fourth-order valence-electron chi connectivity index (χ4n) is 4.21. The maximum Gasteiger partial charge on any atom is 0.414 e. The van der Waals surface area contributed by atoms with Gasteiger partial charge in [-0.3, -0.25) is 4.90 Å². The molecular weight excluding hydrogens is 404 g/mol. The highest BCUT2D eigenvalue weighted by molar-refractivity contribution is 5.93. The lowest BCUT2D eigenvalue weighted by Gasteiger charge is -2.44. The van der Waals surface area contributed by atoms with Crippen LogP contribution in [0, 0.1) is 5.41 Å². The fraction of sp³-hybridized carbons (Fsp3) is 0.615. The number of esters is 1. The molecule has 32 heavy (non-hydrogen) atoms. The molecule has 2 aliphatic rings. The van der Waals surface area contributed by atoms with Crippen molar-refractivity contribution in [3.8, 4) is 0 Å². The van der Waals surface area contributed by atoms with Crippen LogP contribution in [0.5, 0.6) is 0 Å². The molecule has 1 aromatic rings. The molecule has 0 saturated heterocycles. The van der Waals surface area contributed by atoms with E-state index in [1.807, 2.05) is 46.8 Å². The number of allylic oxidation sites excluding steroid dienone is 1. The molecule has 1 aromatic carbocycles. The number of rotatable bonds is 4. The van der Waals surface area contributed by atoms with Gasteiger partial charge in [0.25, 0.3) is 0 Å². The van der Waals surface area contributed by atoms with Gasteiger partial charge >= 0.3 is 12.1 Å². The van der Waals surface area contributed by atoms with Crippen molar-refractivity contribution in [3.63, 3.8) is 0 Å². The molecule has 6 heteroatoms. The zero-order valence-electron chi connectivity index (χ0n) is 21.0. The smallest absolute Gasteiger partial charge is 0.414 e. The van der Waals surface area contributed by atoms with E-state index in [1.165, 1.54) is 7.11 Å². The summed E-state index contributed by atoms with van der Waals surface area (Å²) in [5.41, 5.74) is 2.82. The third-order valence-electron chi connectivity index (χ3n) is 5.50. The zero-order valence-corrected chi connectivity index (χ0v) is 21.0. The van der Waals surface area contributed by atoms with E-state index in [9.17, 15) is 9.59 Å². The second-order valence-corrected chi connectivity index (χ2v) is 10.0. The van der Waals surface area contributed by atoms with E-state index < -0.39 is 5.60 Å². The summed E-state index contributed by atoms with van der Waals surface area (Å²) in [5, 5.41) is 3.60. The fourth-order valence-corrected chi connectivity index (χ4v) is 4.21. The number of anilines is 1. The first-order chi connectivity index (χ1) is 15.0. The van der Waals surface area contributed by atoms with Gasteiger partial charge in [0.05, 0.1) is 18.4 Å². The molecule has 0 aromatic heterocycles. The molecule has 1 aliphatic carbocycles. The van der Waals surface area contributed by atoms with Crippen molar-refractivity contribution in [2.24, 2.45) is 5.41 Å². The number of methoxy groups -OCH3 is 1. The third-order valence-corrected chi connectivity index (χ3v) is 5.50. The van der Waals surface area contributed by atoms with Crippen LogP contribution in [-0.4, -0.2) is 42.3 Å². The Balaban J connectivity index is 0.00000176. The lowest BCUT2D eigenvalue weighted by molar-refractivity contribution is 0.0346. The molecule has 1 saturated carbocycles. The lowest BCUT2D eigenvalue weighted by Crippen LogP contribution is -2.41. The van der Waals surface area contributed by atoms with E-state index in [1.54, 1.807) is 11.0 Å². The van der Waals surface area contributed by atoms with Crippen LogP contribution >= 0.6 is 0 Å². The highest BCUT2D eigenvalue weighted by atomic mass is 16.6. The van der Waals surface area contributed by atoms with Gasteiger partial charge in [0.15, 0.2) is 0 Å². The summed E-state index contributed by atoms with van der Waals surface area (Å²) in [4.78, 5) is 26.7. The summed E-state index contributed by atoms with van der Waals surface area (Å²) in [7, 11) is 1.38. The molecule has 1 heterocycles. The number of amides is 1. The number of ether oxygens (including phenoxy) is 2. The molecule has 0 unspecified atom stereocenters. The van der Waals surface area contributed by atoms with Gasteiger partial charge in [0, 0.05) is 23.8 Å². The topological polar surface area (TPSA) is 67.9 Å². The number of benzene rings is 1. The number of hydrogen-bond donors (Lipinski definition) is 1. The van der Waals surface area contributed by atoms with E-state index in [0.29, 0.717) is 23.6 Å². The molecule has 1 fully saturated rings. The van der Waals surface area contributed by atoms with E-state index in [4.69, 9.17) is 9.47 Å². The number of nitrogens with one attached hydrogen (secondary N) is 1. The highest BCUT2D eigenvalue weighted by Crippen LogP contribution is 2.42. The Hall–Kier alpha value is -2.50. The third kappa shape index (κ3) is 6.50. The van der Waals surface area contributed by atoms with Crippen LogP contribution < -0.4 is 5.32 Å². The van der Waals surface area contributed by atoms with E-state index in [0.717, 1.165) is 42.6 Å². The maximum absolute atomic E-state index is 12.9. The van der Waals surface area contributed by atoms with Gasteiger partial charge in [-0.15, -0.1) is 0 Å². The second kappa shape index (κ2) is 10.4. The van der Waals surface area contributed by atoms with Crippen molar-refractivity contribution >= 4 is 23.4 Å². The first-order valence-electron chi connectivity index (χ1n) is 11.7. The SMILES string of the molecule is CC.COC(=O)c1ccc(C2=CCCCN2C(=O)OC(C)(C)C)c(NC2CC(C)(C)C2)c1. The number of carbonyl (C=O) groups is 2. The van der Waals surface area contributed by atoms with Crippen LogP contribution in [-0.2, 0) is 9.47 Å². The lowest BCUT2D eigenvalue weighted by atomic mass is 9.68. The van der Waals surface area contributed by atoms with Crippen LogP contribution in [0.4, 0.5) is 10.5 Å². The van der Waals surface area contributed by atoms with Gasteiger partial charge in [-0.25, -0.2) is 9.59 Å². The monoisotopic (exact) mass is 444 g/mol. The summed E-state index contributed by atoms with van der Waals surface area (Å²) < 4.78 is 10.5. The average molecular weight is 445 g/mol. The van der Waals surface area contributed by atoms with Gasteiger partial charge in [0.1, 0.15) is 5.60 Å². The number of carbonyl (C=O) groups excluding carboxylic acids is 2. The van der Waals surface area contributed by atoms with Crippen molar-refractivity contribution in [1.29, 1.82) is 0 Å². The Morgan fingerprint density at radius 3 is 2.38 bits per heavy atom. The Labute approximate surface area is 193 Å². The van der Waals surface area contributed by atoms with Crippen molar-refractivity contribution < 1.29 is 19.1 Å². The highest BCUT2D eigenvalue weighted by Gasteiger charge is 2.37. The summed E-state index contributed by atoms with van der Waals surface area (Å²) >= 11 is 0. The Bertz CT molecular complexity index is 844. The van der Waals surface area contributed by atoms with Crippen LogP contribution in [0.3, 0.4) is 0 Å². The molecule has 1 N–H and O–H groups in total. The summed E-state index contributed by atoms with van der Waals surface area (Å²) in [5.74, 6) is -0.375. The molecule has 0 atom stereocenters. The van der Waals surface area contributed by atoms with Crippen LogP contribution in [0.25, 0.3) is 5.70 Å². The summed E-state index contributed by atoms with van der Waals surface area (Å²) in [6.07, 6.45) is 5.64. The quantitative estimate of drug-likeness (QED) is 0.539. The predicted octanol–water partition coefficient (Wildman–Crippen LogP) is 6.47. The average Bonchev–Trinajstić information content (AvgIpc) is 2.72. The molecule has 1 amide bonds. The Kier molecular flexibility index (Phi) is 8.38. The molecule has 3 rings (SSSR count). The van der Waals surface area contributed by atoms with Crippen molar-refractivity contribution in [3.05, 3.63) is 35.4 Å². The minimum absolute atomic E-state index is 0.324. The minimum atomic E-state index is -0.563. The zero-order chi connectivity index (χ0) is 24.1. The van der Waals surface area contributed by atoms with E-state index >= 15 is 0 Å². The molecule has 178 valence electrons. The summed E-state index contributed by atoms with van der Waals surface area (Å²) in [6.45, 7) is 14.7. The predicted molar refractivity (Wildman–Crippen MR) is 130 cm³/mol. The van der Waals surface area contributed by atoms with Gasteiger partial charge in [-0.2, -0.15) is 0 Å². The number of hydrogen-bond acceptors (Lipinski definition) is 5. The molecular formula is C26H40N2O4. The van der Waals surface area contributed by atoms with Gasteiger partial charge in [0.2, 0.25) is 0 Å². The second-order valence-electron chi connectivity index (χ2n) is 10.0. The Morgan fingerprint density at radius 2 is 1.81 bits per heavy atom. The van der Waals surface area contributed by atoms with Crippen LogP contribution in [0.1, 0.15) is 90.1 Å². The molecule has 1 aliphatic heterocycles. The molecule has 0 spiro atoms. The molecule has 6 nitrogen and oxygen atoms in total. The Morgan fingerprint density at radius 1 is 1.16 bits per heavy atom. The minimum Gasteiger partial charge on any atom is -0.465 e. The van der Waals surface area contributed by atoms with E-state index in [2.05, 4.69) is 25.2 Å². The molecule has 0 bridgehead atoms. The van der Waals surface area contributed by atoms with Crippen molar-refractivity contribution in [2.45, 2.75) is 85.8 Å². The van der Waals surface area contributed by atoms with Crippen LogP contribution in [0.15, 0.2) is 24.3 Å². The normalized spacial score (nSPS) is 17.9. The molecule has 0 radical (unpaired) electrons. The van der Waals surface area contributed by atoms with Gasteiger partial charge in [-0.05, 0) is 70.1 Å². The van der Waals surface area contributed by atoms with Crippen molar-refractivity contribution in [1.82, 2.24) is 4.90 Å². The first-order valence-corrected chi connectivity index (χ1v) is 11.7. The summed E-state index contributed by atoms with van der Waals surface area (Å²) in [6, 6.07) is 5.81. The van der Waals surface area contributed by atoms with Gasteiger partial charge < -0.3 is 14.8 Å². The largest absolute Gasteiger partial charge is 0.465 e. The van der Waals surface area contributed by atoms with E-state index in [-0.39, 0.29) is 12.1 Å². The first kappa shape index (κ1) is 25.8. The van der Waals surface area contributed by atoms with Gasteiger partial charge in [-0.1, -0.05) is 33.8 Å². The maximum atomic E-state index is 12.9.